The standard InChI is InChI=1S/C14H14F4N2O/c15-12-2-1-10(14(16,17)18)3-11(12)13(21)20-6-8-4-19-5-9(8)7-20/h1-3,8-9,19H,4-7H2. The summed E-state index contributed by atoms with van der Waals surface area (Å²) in [6, 6.07) is 1.95. The van der Waals surface area contributed by atoms with Crippen LogP contribution in [0.2, 0.25) is 0 Å². The predicted molar refractivity (Wildman–Crippen MR) is 67.2 cm³/mol. The van der Waals surface area contributed by atoms with Gasteiger partial charge < -0.3 is 10.2 Å². The maximum atomic E-state index is 13.7. The minimum atomic E-state index is -4.59. The van der Waals surface area contributed by atoms with Crippen LogP contribution in [0.15, 0.2) is 18.2 Å². The summed E-state index contributed by atoms with van der Waals surface area (Å²) in [5.41, 5.74) is -1.51. The number of hydrogen-bond donors (Lipinski definition) is 1. The van der Waals surface area contributed by atoms with Crippen molar-refractivity contribution in [2.24, 2.45) is 11.8 Å². The molecule has 0 aliphatic carbocycles. The van der Waals surface area contributed by atoms with E-state index in [2.05, 4.69) is 5.32 Å². The molecular formula is C14H14F4N2O. The summed E-state index contributed by atoms with van der Waals surface area (Å²) in [6.07, 6.45) is -4.59. The molecule has 2 aliphatic rings. The van der Waals surface area contributed by atoms with E-state index in [-0.39, 0.29) is 0 Å². The molecule has 0 saturated carbocycles. The normalized spacial score (nSPS) is 25.2. The van der Waals surface area contributed by atoms with Crippen molar-refractivity contribution in [1.29, 1.82) is 0 Å². The van der Waals surface area contributed by atoms with Crippen molar-refractivity contribution in [3.8, 4) is 0 Å². The van der Waals surface area contributed by atoms with Crippen molar-refractivity contribution < 1.29 is 22.4 Å². The summed E-state index contributed by atoms with van der Waals surface area (Å²) in [7, 11) is 0. The number of benzene rings is 1. The van der Waals surface area contributed by atoms with E-state index in [0.29, 0.717) is 43.1 Å². The van der Waals surface area contributed by atoms with Crippen molar-refractivity contribution >= 4 is 5.91 Å². The van der Waals surface area contributed by atoms with E-state index in [4.69, 9.17) is 0 Å². The van der Waals surface area contributed by atoms with E-state index in [0.717, 1.165) is 13.1 Å². The van der Waals surface area contributed by atoms with E-state index < -0.39 is 29.0 Å². The highest BCUT2D eigenvalue weighted by molar-refractivity contribution is 5.95. The van der Waals surface area contributed by atoms with Crippen LogP contribution in [0, 0.1) is 17.7 Å². The van der Waals surface area contributed by atoms with Gasteiger partial charge in [0.25, 0.3) is 5.91 Å². The zero-order valence-corrected chi connectivity index (χ0v) is 11.1. The molecule has 2 aliphatic heterocycles. The number of alkyl halides is 3. The molecule has 3 rings (SSSR count). The van der Waals surface area contributed by atoms with E-state index >= 15 is 0 Å². The summed E-state index contributed by atoms with van der Waals surface area (Å²) >= 11 is 0. The number of likely N-dealkylation sites (tertiary alicyclic amines) is 1. The van der Waals surface area contributed by atoms with Gasteiger partial charge in [-0.15, -0.1) is 0 Å². The highest BCUT2D eigenvalue weighted by Crippen LogP contribution is 2.32. The number of amides is 1. The molecule has 3 nitrogen and oxygen atoms in total. The highest BCUT2D eigenvalue weighted by Gasteiger charge is 2.39. The third kappa shape index (κ3) is 2.62. The van der Waals surface area contributed by atoms with Gasteiger partial charge in [0.05, 0.1) is 11.1 Å². The Labute approximate surface area is 118 Å². The topological polar surface area (TPSA) is 32.3 Å². The monoisotopic (exact) mass is 302 g/mol. The Bertz CT molecular complexity index is 561. The van der Waals surface area contributed by atoms with Crippen LogP contribution in [0.1, 0.15) is 15.9 Å². The first kappa shape index (κ1) is 14.3. The van der Waals surface area contributed by atoms with E-state index in [1.807, 2.05) is 0 Å². The fourth-order valence-electron chi connectivity index (χ4n) is 3.06. The zero-order chi connectivity index (χ0) is 15.2. The van der Waals surface area contributed by atoms with Gasteiger partial charge in [0.2, 0.25) is 0 Å². The molecule has 2 fully saturated rings. The van der Waals surface area contributed by atoms with E-state index in [1.54, 1.807) is 0 Å². The number of carbonyl (C=O) groups is 1. The molecule has 1 amide bonds. The number of halogens is 4. The Balaban J connectivity index is 1.84. The molecular weight excluding hydrogens is 288 g/mol. The Morgan fingerprint density at radius 3 is 2.38 bits per heavy atom. The van der Waals surface area contributed by atoms with Crippen LogP contribution < -0.4 is 5.32 Å². The smallest absolute Gasteiger partial charge is 0.338 e. The summed E-state index contributed by atoms with van der Waals surface area (Å²) in [5.74, 6) is -0.957. The molecule has 114 valence electrons. The van der Waals surface area contributed by atoms with Gasteiger partial charge in [-0.3, -0.25) is 4.79 Å². The van der Waals surface area contributed by atoms with Crippen molar-refractivity contribution in [1.82, 2.24) is 10.2 Å². The van der Waals surface area contributed by atoms with Gasteiger partial charge in [-0.2, -0.15) is 13.2 Å². The Morgan fingerprint density at radius 2 is 1.81 bits per heavy atom. The van der Waals surface area contributed by atoms with Crippen LogP contribution in [-0.2, 0) is 6.18 Å². The molecule has 7 heteroatoms. The van der Waals surface area contributed by atoms with Crippen molar-refractivity contribution in [3.63, 3.8) is 0 Å². The van der Waals surface area contributed by atoms with Gasteiger partial charge in [-0.05, 0) is 30.0 Å². The number of nitrogens with one attached hydrogen (secondary N) is 1. The fourth-order valence-corrected chi connectivity index (χ4v) is 3.06. The van der Waals surface area contributed by atoms with Gasteiger partial charge in [0.1, 0.15) is 5.82 Å². The fraction of sp³-hybridized carbons (Fsp3) is 0.500. The lowest BCUT2D eigenvalue weighted by molar-refractivity contribution is -0.137. The lowest BCUT2D eigenvalue weighted by Crippen LogP contribution is -2.32. The molecule has 0 aromatic heterocycles. The molecule has 2 heterocycles. The maximum Gasteiger partial charge on any atom is 0.416 e. The van der Waals surface area contributed by atoms with E-state index in [1.165, 1.54) is 4.90 Å². The molecule has 1 aromatic carbocycles. The third-order valence-electron chi connectivity index (χ3n) is 4.20. The first-order valence-corrected chi connectivity index (χ1v) is 6.73. The third-order valence-corrected chi connectivity index (χ3v) is 4.20. The summed E-state index contributed by atoms with van der Waals surface area (Å²) in [6.45, 7) is 2.51. The Kier molecular flexibility index (Phi) is 3.39. The largest absolute Gasteiger partial charge is 0.416 e. The lowest BCUT2D eigenvalue weighted by Gasteiger charge is -2.18. The second-order valence-corrected chi connectivity index (χ2v) is 5.58. The van der Waals surface area contributed by atoms with Gasteiger partial charge in [-0.25, -0.2) is 4.39 Å². The second kappa shape index (κ2) is 4.98. The first-order chi connectivity index (χ1) is 9.86. The number of nitrogens with zero attached hydrogens (tertiary/aromatic N) is 1. The molecule has 1 aromatic rings. The van der Waals surface area contributed by atoms with E-state index in [9.17, 15) is 22.4 Å². The molecule has 2 saturated heterocycles. The molecule has 21 heavy (non-hydrogen) atoms. The molecule has 0 spiro atoms. The van der Waals surface area contributed by atoms with Crippen LogP contribution in [0.3, 0.4) is 0 Å². The number of carbonyl (C=O) groups excluding carboxylic acids is 1. The van der Waals surface area contributed by atoms with Crippen LogP contribution >= 0.6 is 0 Å². The molecule has 2 atom stereocenters. The minimum absolute atomic E-state index is 0.308. The van der Waals surface area contributed by atoms with Crippen molar-refractivity contribution in [2.75, 3.05) is 26.2 Å². The van der Waals surface area contributed by atoms with Crippen molar-refractivity contribution in [3.05, 3.63) is 35.1 Å². The van der Waals surface area contributed by atoms with Gasteiger partial charge in [0.15, 0.2) is 0 Å². The molecule has 0 radical (unpaired) electrons. The van der Waals surface area contributed by atoms with Crippen LogP contribution in [0.5, 0.6) is 0 Å². The summed E-state index contributed by atoms with van der Waals surface area (Å²) in [5, 5.41) is 3.20. The Morgan fingerprint density at radius 1 is 1.19 bits per heavy atom. The lowest BCUT2D eigenvalue weighted by atomic mass is 10.0. The summed E-state index contributed by atoms with van der Waals surface area (Å²) < 4.78 is 51.7. The molecule has 1 N–H and O–H groups in total. The quantitative estimate of drug-likeness (QED) is 0.806. The van der Waals surface area contributed by atoms with Crippen LogP contribution in [0.4, 0.5) is 17.6 Å². The highest BCUT2D eigenvalue weighted by atomic mass is 19.4. The van der Waals surface area contributed by atoms with Gasteiger partial charge in [0, 0.05) is 26.2 Å². The number of hydrogen-bond acceptors (Lipinski definition) is 2. The van der Waals surface area contributed by atoms with Crippen molar-refractivity contribution in [2.45, 2.75) is 6.18 Å². The average Bonchev–Trinajstić information content (AvgIpc) is 2.97. The number of rotatable bonds is 1. The average molecular weight is 302 g/mol. The van der Waals surface area contributed by atoms with Crippen LogP contribution in [-0.4, -0.2) is 37.0 Å². The summed E-state index contributed by atoms with van der Waals surface area (Å²) in [4.78, 5) is 13.7. The predicted octanol–water partition coefficient (Wildman–Crippen LogP) is 2.14. The SMILES string of the molecule is O=C(c1cc(C(F)(F)F)ccc1F)N1CC2CNCC2C1. The Hall–Kier alpha value is -1.63. The van der Waals surface area contributed by atoms with Gasteiger partial charge in [-0.1, -0.05) is 0 Å². The minimum Gasteiger partial charge on any atom is -0.338 e. The maximum absolute atomic E-state index is 13.7. The first-order valence-electron chi connectivity index (χ1n) is 6.73. The van der Waals surface area contributed by atoms with Gasteiger partial charge >= 0.3 is 6.18 Å². The molecule has 2 unspecified atom stereocenters. The zero-order valence-electron chi connectivity index (χ0n) is 11.1. The second-order valence-electron chi connectivity index (χ2n) is 5.58. The number of fused-ring (bicyclic) bond motifs is 1. The molecule has 0 bridgehead atoms. The van der Waals surface area contributed by atoms with Crippen LogP contribution in [0.25, 0.3) is 0 Å².